The van der Waals surface area contributed by atoms with Crippen molar-refractivity contribution < 1.29 is 4.74 Å². The fourth-order valence-electron chi connectivity index (χ4n) is 1.63. The molecule has 0 fully saturated rings. The highest BCUT2D eigenvalue weighted by molar-refractivity contribution is 7.80. The van der Waals surface area contributed by atoms with Crippen LogP contribution >= 0.6 is 23.8 Å². The Morgan fingerprint density at radius 2 is 1.50 bits per heavy atom. The maximum Gasteiger partial charge on any atom is 0.175 e. The summed E-state index contributed by atoms with van der Waals surface area (Å²) in [5.41, 5.74) is 1.79. The van der Waals surface area contributed by atoms with Crippen LogP contribution in [0.3, 0.4) is 0 Å². The summed E-state index contributed by atoms with van der Waals surface area (Å²) in [7, 11) is 0. The van der Waals surface area contributed by atoms with Crippen LogP contribution in [0.15, 0.2) is 48.5 Å². The SMILES string of the molecule is CCOc1ccc(NC(=S)Nc2ccc(Cl)cc2)cc1. The van der Waals surface area contributed by atoms with Crippen LogP contribution in [0.4, 0.5) is 11.4 Å². The predicted molar refractivity (Wildman–Crippen MR) is 88.9 cm³/mol. The van der Waals surface area contributed by atoms with Crippen LogP contribution in [-0.2, 0) is 0 Å². The van der Waals surface area contributed by atoms with Gasteiger partial charge in [0.15, 0.2) is 5.11 Å². The molecule has 0 aliphatic carbocycles. The molecule has 0 aliphatic rings. The molecule has 0 heterocycles. The number of benzene rings is 2. The monoisotopic (exact) mass is 306 g/mol. The average Bonchev–Trinajstić information content (AvgIpc) is 2.44. The van der Waals surface area contributed by atoms with Crippen LogP contribution in [0, 0.1) is 0 Å². The highest BCUT2D eigenvalue weighted by Gasteiger charge is 2.00. The number of hydrogen-bond acceptors (Lipinski definition) is 2. The standard InChI is InChI=1S/C15H15ClN2OS/c1-2-19-14-9-7-13(8-10-14)18-15(20)17-12-5-3-11(16)4-6-12/h3-10H,2H2,1H3,(H2,17,18,20). The highest BCUT2D eigenvalue weighted by Crippen LogP contribution is 2.17. The van der Waals surface area contributed by atoms with Gasteiger partial charge < -0.3 is 15.4 Å². The minimum Gasteiger partial charge on any atom is -0.494 e. The van der Waals surface area contributed by atoms with Gasteiger partial charge in [0.1, 0.15) is 5.75 Å². The maximum atomic E-state index is 5.83. The third-order valence-corrected chi connectivity index (χ3v) is 2.98. The molecule has 0 saturated carbocycles. The van der Waals surface area contributed by atoms with E-state index in [1.54, 1.807) is 0 Å². The number of nitrogens with one attached hydrogen (secondary N) is 2. The molecule has 0 atom stereocenters. The highest BCUT2D eigenvalue weighted by atomic mass is 35.5. The smallest absolute Gasteiger partial charge is 0.175 e. The molecule has 20 heavy (non-hydrogen) atoms. The second-order valence-corrected chi connectivity index (χ2v) is 4.89. The summed E-state index contributed by atoms with van der Waals surface area (Å²) in [6.45, 7) is 2.61. The van der Waals surface area contributed by atoms with E-state index in [9.17, 15) is 0 Å². The molecule has 2 rings (SSSR count). The van der Waals surface area contributed by atoms with E-state index in [4.69, 9.17) is 28.6 Å². The molecule has 2 aromatic carbocycles. The Kier molecular flexibility index (Phi) is 5.21. The lowest BCUT2D eigenvalue weighted by atomic mass is 10.3. The number of rotatable bonds is 4. The first kappa shape index (κ1) is 14.6. The Hall–Kier alpha value is -1.78. The number of ether oxygens (including phenoxy) is 1. The van der Waals surface area contributed by atoms with Gasteiger partial charge in [0, 0.05) is 16.4 Å². The summed E-state index contributed by atoms with van der Waals surface area (Å²) < 4.78 is 5.38. The Morgan fingerprint density at radius 1 is 1.00 bits per heavy atom. The Balaban J connectivity index is 1.92. The molecule has 0 amide bonds. The first-order valence-corrected chi connectivity index (χ1v) is 7.02. The quantitative estimate of drug-likeness (QED) is 0.812. The Bertz CT molecular complexity index is 569. The lowest BCUT2D eigenvalue weighted by Crippen LogP contribution is -2.18. The van der Waals surface area contributed by atoms with Gasteiger partial charge in [-0.05, 0) is 67.7 Å². The van der Waals surface area contributed by atoms with Crippen LogP contribution in [0.2, 0.25) is 5.02 Å². The molecule has 2 N–H and O–H groups in total. The minimum atomic E-state index is 0.525. The summed E-state index contributed by atoms with van der Waals surface area (Å²) in [6, 6.07) is 15.0. The van der Waals surface area contributed by atoms with Crippen molar-refractivity contribution in [3.63, 3.8) is 0 Å². The summed E-state index contributed by atoms with van der Waals surface area (Å²) in [6.07, 6.45) is 0. The van der Waals surface area contributed by atoms with Gasteiger partial charge in [0.25, 0.3) is 0 Å². The number of anilines is 2. The van der Waals surface area contributed by atoms with E-state index in [1.807, 2.05) is 55.5 Å². The lowest BCUT2D eigenvalue weighted by molar-refractivity contribution is 0.340. The second-order valence-electron chi connectivity index (χ2n) is 4.04. The van der Waals surface area contributed by atoms with Crippen molar-refractivity contribution in [1.82, 2.24) is 0 Å². The van der Waals surface area contributed by atoms with Gasteiger partial charge >= 0.3 is 0 Å². The topological polar surface area (TPSA) is 33.3 Å². The zero-order valence-electron chi connectivity index (χ0n) is 11.0. The van der Waals surface area contributed by atoms with E-state index in [0.29, 0.717) is 16.7 Å². The van der Waals surface area contributed by atoms with Gasteiger partial charge in [-0.3, -0.25) is 0 Å². The Labute approximate surface area is 128 Å². The van der Waals surface area contributed by atoms with Crippen LogP contribution in [0.1, 0.15) is 6.92 Å². The molecule has 0 unspecified atom stereocenters. The molecule has 3 nitrogen and oxygen atoms in total. The van der Waals surface area contributed by atoms with E-state index in [-0.39, 0.29) is 0 Å². The summed E-state index contributed by atoms with van der Waals surface area (Å²) in [5.74, 6) is 0.842. The summed E-state index contributed by atoms with van der Waals surface area (Å²) >= 11 is 11.1. The van der Waals surface area contributed by atoms with Crippen molar-refractivity contribution in [2.45, 2.75) is 6.92 Å². The molecule has 0 radical (unpaired) electrons. The Morgan fingerprint density at radius 3 is 2.00 bits per heavy atom. The zero-order valence-corrected chi connectivity index (χ0v) is 12.6. The third kappa shape index (κ3) is 4.40. The molecule has 5 heteroatoms. The molecule has 0 saturated heterocycles. The number of hydrogen-bond donors (Lipinski definition) is 2. The van der Waals surface area contributed by atoms with E-state index < -0.39 is 0 Å². The fourth-order valence-corrected chi connectivity index (χ4v) is 1.99. The van der Waals surface area contributed by atoms with Crippen LogP contribution in [-0.4, -0.2) is 11.7 Å². The average molecular weight is 307 g/mol. The summed E-state index contributed by atoms with van der Waals surface area (Å²) in [5, 5.41) is 7.41. The molecule has 0 aliphatic heterocycles. The van der Waals surface area contributed by atoms with Crippen molar-refractivity contribution in [3.05, 3.63) is 53.6 Å². The van der Waals surface area contributed by atoms with E-state index in [0.717, 1.165) is 17.1 Å². The van der Waals surface area contributed by atoms with Crippen molar-refractivity contribution in [1.29, 1.82) is 0 Å². The van der Waals surface area contributed by atoms with Crippen molar-refractivity contribution in [2.24, 2.45) is 0 Å². The van der Waals surface area contributed by atoms with E-state index in [2.05, 4.69) is 10.6 Å². The van der Waals surface area contributed by atoms with E-state index >= 15 is 0 Å². The van der Waals surface area contributed by atoms with Crippen LogP contribution in [0.5, 0.6) is 5.75 Å². The normalized spacial score (nSPS) is 9.90. The lowest BCUT2D eigenvalue weighted by Gasteiger charge is -2.11. The molecule has 104 valence electrons. The fraction of sp³-hybridized carbons (Fsp3) is 0.133. The second kappa shape index (κ2) is 7.12. The molecular weight excluding hydrogens is 292 g/mol. The maximum absolute atomic E-state index is 5.83. The summed E-state index contributed by atoms with van der Waals surface area (Å²) in [4.78, 5) is 0. The first-order chi connectivity index (χ1) is 9.67. The van der Waals surface area contributed by atoms with Gasteiger partial charge in [0.05, 0.1) is 6.61 Å². The molecule has 0 aromatic heterocycles. The van der Waals surface area contributed by atoms with Crippen LogP contribution in [0.25, 0.3) is 0 Å². The third-order valence-electron chi connectivity index (χ3n) is 2.53. The molecule has 0 spiro atoms. The van der Waals surface area contributed by atoms with Gasteiger partial charge in [-0.15, -0.1) is 0 Å². The molecule has 0 bridgehead atoms. The van der Waals surface area contributed by atoms with Crippen LogP contribution < -0.4 is 15.4 Å². The first-order valence-electron chi connectivity index (χ1n) is 6.24. The largest absolute Gasteiger partial charge is 0.494 e. The zero-order chi connectivity index (χ0) is 14.4. The van der Waals surface area contributed by atoms with Gasteiger partial charge in [-0.25, -0.2) is 0 Å². The van der Waals surface area contributed by atoms with Crippen molar-refractivity contribution in [3.8, 4) is 5.75 Å². The number of halogens is 1. The van der Waals surface area contributed by atoms with Gasteiger partial charge in [0.2, 0.25) is 0 Å². The van der Waals surface area contributed by atoms with Crippen molar-refractivity contribution in [2.75, 3.05) is 17.2 Å². The number of thiocarbonyl (C=S) groups is 1. The minimum absolute atomic E-state index is 0.525. The predicted octanol–water partition coefficient (Wildman–Crippen LogP) is 4.55. The van der Waals surface area contributed by atoms with E-state index in [1.165, 1.54) is 0 Å². The molecular formula is C15H15ClN2OS. The van der Waals surface area contributed by atoms with Gasteiger partial charge in [-0.1, -0.05) is 11.6 Å². The molecule has 2 aromatic rings. The van der Waals surface area contributed by atoms with Crippen molar-refractivity contribution >= 4 is 40.3 Å². The van der Waals surface area contributed by atoms with Gasteiger partial charge in [-0.2, -0.15) is 0 Å².